The quantitative estimate of drug-likeness (QED) is 0.724. The van der Waals surface area contributed by atoms with E-state index in [4.69, 9.17) is 4.74 Å². The van der Waals surface area contributed by atoms with Crippen LogP contribution in [0.3, 0.4) is 0 Å². The highest BCUT2D eigenvalue weighted by Crippen LogP contribution is 2.23. The maximum absolute atomic E-state index is 12.0. The molecular weight excluding hydrogens is 370 g/mol. The van der Waals surface area contributed by atoms with Gasteiger partial charge in [0.25, 0.3) is 15.9 Å². The first-order chi connectivity index (χ1) is 12.8. The van der Waals surface area contributed by atoms with Gasteiger partial charge in [-0.15, -0.1) is 0 Å². The third-order valence-corrected chi connectivity index (χ3v) is 6.17. The largest absolute Gasteiger partial charge is 0.454 e. The zero-order valence-corrected chi connectivity index (χ0v) is 15.9. The first kappa shape index (κ1) is 19.3. The van der Waals surface area contributed by atoms with Crippen molar-refractivity contribution in [1.29, 1.82) is 0 Å². The Morgan fingerprint density at radius 3 is 2.67 bits per heavy atom. The number of aliphatic imine (C=N–C) groups is 1. The number of fused-ring (bicyclic) bond motifs is 1. The molecule has 0 atom stereocenters. The number of hydrogen-bond acceptors (Lipinski definition) is 6. The van der Waals surface area contributed by atoms with Crippen LogP contribution in [-0.2, 0) is 24.3 Å². The Morgan fingerprint density at radius 2 is 1.93 bits per heavy atom. The Labute approximate surface area is 158 Å². The van der Waals surface area contributed by atoms with Crippen molar-refractivity contribution in [1.82, 2.24) is 10.0 Å². The second-order valence-electron chi connectivity index (χ2n) is 6.95. The van der Waals surface area contributed by atoms with Gasteiger partial charge in [0.15, 0.2) is 6.61 Å². The van der Waals surface area contributed by atoms with Gasteiger partial charge in [0.05, 0.1) is 4.90 Å². The number of carbonyl (C=O) groups excluding carboxylic acids is 2. The number of nitrogens with one attached hydrogen (secondary N) is 2. The molecule has 1 aromatic rings. The lowest BCUT2D eigenvalue weighted by molar-refractivity contribution is -0.147. The number of ether oxygens (including phenoxy) is 1. The van der Waals surface area contributed by atoms with E-state index in [0.29, 0.717) is 11.5 Å². The van der Waals surface area contributed by atoms with E-state index in [0.717, 1.165) is 25.7 Å². The number of sulfonamides is 1. The first-order valence-corrected chi connectivity index (χ1v) is 10.4. The van der Waals surface area contributed by atoms with Gasteiger partial charge in [-0.3, -0.25) is 19.3 Å². The third-order valence-electron chi connectivity index (χ3n) is 4.77. The van der Waals surface area contributed by atoms with Gasteiger partial charge in [0, 0.05) is 11.6 Å². The summed E-state index contributed by atoms with van der Waals surface area (Å²) in [6.45, 7) is 1.46. The number of hydrogen-bond donors (Lipinski definition) is 2. The average Bonchev–Trinajstić information content (AvgIpc) is 2.91. The number of nitrogens with zero attached hydrogens (tertiary/aromatic N) is 1. The Bertz CT molecular complexity index is 858. The van der Waals surface area contributed by atoms with E-state index in [1.807, 2.05) is 0 Å². The van der Waals surface area contributed by atoms with Crippen LogP contribution in [-0.4, -0.2) is 45.3 Å². The molecule has 0 saturated heterocycles. The second-order valence-corrected chi connectivity index (χ2v) is 8.60. The van der Waals surface area contributed by atoms with E-state index in [9.17, 15) is 18.0 Å². The maximum Gasteiger partial charge on any atom is 0.328 e. The summed E-state index contributed by atoms with van der Waals surface area (Å²) in [5.74, 6) is -0.238. The summed E-state index contributed by atoms with van der Waals surface area (Å²) in [7, 11) is -3.65. The van der Waals surface area contributed by atoms with Gasteiger partial charge in [-0.05, 0) is 43.7 Å². The summed E-state index contributed by atoms with van der Waals surface area (Å²) >= 11 is 0. The molecule has 1 heterocycles. The Balaban J connectivity index is 1.48. The highest BCUT2D eigenvalue weighted by atomic mass is 32.2. The van der Waals surface area contributed by atoms with Crippen molar-refractivity contribution in [3.05, 3.63) is 29.8 Å². The first-order valence-electron chi connectivity index (χ1n) is 8.97. The topological polar surface area (TPSA) is 114 Å². The van der Waals surface area contributed by atoms with Crippen molar-refractivity contribution in [2.45, 2.75) is 43.5 Å². The minimum Gasteiger partial charge on any atom is -0.454 e. The minimum atomic E-state index is -3.65. The van der Waals surface area contributed by atoms with E-state index in [1.165, 1.54) is 6.07 Å². The van der Waals surface area contributed by atoms with Crippen LogP contribution in [0.15, 0.2) is 34.2 Å². The Hall–Kier alpha value is -2.42. The third kappa shape index (κ3) is 4.85. The lowest BCUT2D eigenvalue weighted by Crippen LogP contribution is -2.39. The number of carbonyl (C=O) groups is 2. The molecule has 1 saturated carbocycles. The van der Waals surface area contributed by atoms with Crippen LogP contribution in [0.4, 0.5) is 0 Å². The molecule has 2 N–H and O–H groups in total. The fourth-order valence-corrected chi connectivity index (χ4v) is 4.51. The highest BCUT2D eigenvalue weighted by Gasteiger charge is 2.30. The summed E-state index contributed by atoms with van der Waals surface area (Å²) in [5.41, 5.74) is 0.412. The second kappa shape index (κ2) is 8.08. The number of rotatable bonds is 5. The van der Waals surface area contributed by atoms with Gasteiger partial charge in [-0.2, -0.15) is 0 Å². The molecule has 0 aromatic heterocycles. The van der Waals surface area contributed by atoms with Crippen LogP contribution in [0.25, 0.3) is 0 Å². The minimum absolute atomic E-state index is 0.100. The van der Waals surface area contributed by atoms with E-state index in [1.54, 1.807) is 18.2 Å². The van der Waals surface area contributed by atoms with Crippen LogP contribution in [0.2, 0.25) is 0 Å². The van der Waals surface area contributed by atoms with Crippen LogP contribution in [0.5, 0.6) is 0 Å². The summed E-state index contributed by atoms with van der Waals surface area (Å²) in [6.07, 6.45) is 4.04. The molecule has 8 nitrogen and oxygen atoms in total. The average molecular weight is 393 g/mol. The van der Waals surface area contributed by atoms with Gasteiger partial charge >= 0.3 is 5.97 Å². The molecule has 1 aliphatic carbocycles. The molecule has 9 heteroatoms. The van der Waals surface area contributed by atoms with Crippen molar-refractivity contribution in [2.75, 3.05) is 13.2 Å². The highest BCUT2D eigenvalue weighted by molar-refractivity contribution is 7.90. The molecule has 1 amide bonds. The summed E-state index contributed by atoms with van der Waals surface area (Å²) in [6, 6.07) is 6.51. The predicted octanol–water partition coefficient (Wildman–Crippen LogP) is 0.963. The lowest BCUT2D eigenvalue weighted by atomic mass is 9.87. The molecular formula is C18H23N3O5S. The van der Waals surface area contributed by atoms with Gasteiger partial charge in [-0.1, -0.05) is 19.1 Å². The molecule has 1 fully saturated rings. The number of amidine groups is 1. The zero-order valence-electron chi connectivity index (χ0n) is 15.1. The summed E-state index contributed by atoms with van der Waals surface area (Å²) in [5, 5.41) is 2.87. The molecule has 3 rings (SSSR count). The van der Waals surface area contributed by atoms with Crippen molar-refractivity contribution >= 4 is 27.7 Å². The molecule has 1 aliphatic heterocycles. The smallest absolute Gasteiger partial charge is 0.328 e. The summed E-state index contributed by atoms with van der Waals surface area (Å²) < 4.78 is 31.2. The van der Waals surface area contributed by atoms with E-state index < -0.39 is 16.0 Å². The fourth-order valence-electron chi connectivity index (χ4n) is 3.26. The van der Waals surface area contributed by atoms with Crippen LogP contribution in [0.1, 0.15) is 38.2 Å². The van der Waals surface area contributed by atoms with E-state index >= 15 is 0 Å². The molecule has 27 heavy (non-hydrogen) atoms. The van der Waals surface area contributed by atoms with Crippen LogP contribution >= 0.6 is 0 Å². The van der Waals surface area contributed by atoms with Crippen molar-refractivity contribution in [3.63, 3.8) is 0 Å². The molecule has 1 aromatic carbocycles. The summed E-state index contributed by atoms with van der Waals surface area (Å²) in [4.78, 5) is 27.8. The molecule has 0 radical (unpaired) electrons. The molecule has 0 bridgehead atoms. The Kier molecular flexibility index (Phi) is 5.79. The van der Waals surface area contributed by atoms with Crippen molar-refractivity contribution in [2.24, 2.45) is 10.9 Å². The van der Waals surface area contributed by atoms with Gasteiger partial charge in [0.2, 0.25) is 0 Å². The molecule has 2 aliphatic rings. The van der Waals surface area contributed by atoms with Gasteiger partial charge in [-0.25, -0.2) is 8.42 Å². The van der Waals surface area contributed by atoms with E-state index in [2.05, 4.69) is 22.0 Å². The normalized spacial score (nSPS) is 24.7. The molecule has 146 valence electrons. The van der Waals surface area contributed by atoms with Gasteiger partial charge in [0.1, 0.15) is 12.4 Å². The maximum atomic E-state index is 12.0. The standard InChI is InChI=1S/C18H23N3O5S/c1-12-6-8-13(9-7-12)20-16(22)11-26-17(23)10-19-18-14-4-2-3-5-15(14)27(24,25)21-18/h2-5,12-13H,6-11H2,1H3,(H,19,21)(H,20,22). The fraction of sp³-hybridized carbons (Fsp3) is 0.500. The zero-order chi connectivity index (χ0) is 19.4. The monoisotopic (exact) mass is 393 g/mol. The van der Waals surface area contributed by atoms with Crippen LogP contribution < -0.4 is 10.0 Å². The molecule has 0 spiro atoms. The van der Waals surface area contributed by atoms with Crippen molar-refractivity contribution in [3.8, 4) is 0 Å². The van der Waals surface area contributed by atoms with Crippen molar-refractivity contribution < 1.29 is 22.7 Å². The number of amides is 1. The number of benzene rings is 1. The van der Waals surface area contributed by atoms with Crippen LogP contribution in [0, 0.1) is 5.92 Å². The molecule has 0 unspecified atom stereocenters. The van der Waals surface area contributed by atoms with Gasteiger partial charge < -0.3 is 10.1 Å². The van der Waals surface area contributed by atoms with E-state index in [-0.39, 0.29) is 35.8 Å². The lowest BCUT2D eigenvalue weighted by Gasteiger charge is -2.26. The number of esters is 1. The Morgan fingerprint density at radius 1 is 1.22 bits per heavy atom. The predicted molar refractivity (Wildman–Crippen MR) is 98.7 cm³/mol. The SMILES string of the molecule is CC1CCC(NC(=O)COC(=O)CN=C2NS(=O)(=O)c3ccccc32)CC1.